The maximum absolute atomic E-state index is 10.4. The maximum Gasteiger partial charge on any atom is 0.161 e. The SMILES string of the molecule is OC(CNCC1COc2ccccc2O1)COc1ccccc1-c1n[nH]c2ccsc12. The van der Waals surface area contributed by atoms with Crippen molar-refractivity contribution in [1.29, 1.82) is 0 Å². The zero-order valence-electron chi connectivity index (χ0n) is 16.8. The molecule has 8 heteroatoms. The highest BCUT2D eigenvalue weighted by atomic mass is 32.1. The van der Waals surface area contributed by atoms with Crippen LogP contribution in [0, 0.1) is 0 Å². The number of hydrogen-bond acceptors (Lipinski definition) is 7. The molecular formula is C23H23N3O4S. The van der Waals surface area contributed by atoms with Crippen LogP contribution in [0.5, 0.6) is 17.2 Å². The predicted octanol–water partition coefficient (Wildman–Crippen LogP) is 3.46. The Kier molecular flexibility index (Phi) is 5.75. The molecule has 3 heterocycles. The Morgan fingerprint density at radius 1 is 1.16 bits per heavy atom. The van der Waals surface area contributed by atoms with Gasteiger partial charge in [0.05, 0.1) is 10.2 Å². The van der Waals surface area contributed by atoms with Crippen LogP contribution >= 0.6 is 11.3 Å². The number of nitrogens with one attached hydrogen (secondary N) is 2. The molecule has 2 aromatic carbocycles. The zero-order chi connectivity index (χ0) is 21.0. The van der Waals surface area contributed by atoms with Crippen molar-refractivity contribution < 1.29 is 19.3 Å². The van der Waals surface area contributed by atoms with Crippen molar-refractivity contribution in [1.82, 2.24) is 15.5 Å². The van der Waals surface area contributed by atoms with Gasteiger partial charge < -0.3 is 24.6 Å². The number of ether oxygens (including phenoxy) is 3. The van der Waals surface area contributed by atoms with Gasteiger partial charge in [-0.15, -0.1) is 11.3 Å². The molecule has 3 N–H and O–H groups in total. The van der Waals surface area contributed by atoms with Gasteiger partial charge in [0.25, 0.3) is 0 Å². The molecule has 2 atom stereocenters. The summed E-state index contributed by atoms with van der Waals surface area (Å²) in [5.74, 6) is 2.21. The van der Waals surface area contributed by atoms with Crippen LogP contribution in [0.2, 0.25) is 0 Å². The first-order chi connectivity index (χ1) is 15.3. The molecule has 1 aliphatic heterocycles. The summed E-state index contributed by atoms with van der Waals surface area (Å²) in [5, 5.41) is 23.1. The highest BCUT2D eigenvalue weighted by Crippen LogP contribution is 2.35. The second-order valence-electron chi connectivity index (χ2n) is 7.35. The lowest BCUT2D eigenvalue weighted by molar-refractivity contribution is 0.0779. The van der Waals surface area contributed by atoms with Crippen LogP contribution in [0.4, 0.5) is 0 Å². The molecule has 5 rings (SSSR count). The van der Waals surface area contributed by atoms with Crippen molar-refractivity contribution in [2.75, 3.05) is 26.3 Å². The smallest absolute Gasteiger partial charge is 0.161 e. The minimum atomic E-state index is -0.661. The van der Waals surface area contributed by atoms with Crippen LogP contribution in [-0.4, -0.2) is 53.8 Å². The van der Waals surface area contributed by atoms with E-state index in [2.05, 4.69) is 15.5 Å². The molecule has 0 spiro atoms. The molecule has 0 aliphatic carbocycles. The van der Waals surface area contributed by atoms with Gasteiger partial charge >= 0.3 is 0 Å². The van der Waals surface area contributed by atoms with Crippen LogP contribution < -0.4 is 19.5 Å². The fourth-order valence-corrected chi connectivity index (χ4v) is 4.39. The van der Waals surface area contributed by atoms with E-state index in [1.54, 1.807) is 11.3 Å². The van der Waals surface area contributed by atoms with Gasteiger partial charge in [-0.3, -0.25) is 5.10 Å². The van der Waals surface area contributed by atoms with Crippen molar-refractivity contribution in [3.63, 3.8) is 0 Å². The molecule has 1 aliphatic rings. The quantitative estimate of drug-likeness (QED) is 0.391. The molecule has 160 valence electrons. The number of aromatic amines is 1. The number of aliphatic hydroxyl groups excluding tert-OH is 1. The van der Waals surface area contributed by atoms with E-state index in [1.165, 1.54) is 0 Å². The zero-order valence-corrected chi connectivity index (χ0v) is 17.6. The van der Waals surface area contributed by atoms with E-state index < -0.39 is 6.10 Å². The summed E-state index contributed by atoms with van der Waals surface area (Å²) in [5.41, 5.74) is 2.78. The van der Waals surface area contributed by atoms with Crippen LogP contribution in [0.1, 0.15) is 0 Å². The van der Waals surface area contributed by atoms with Crippen LogP contribution in [-0.2, 0) is 0 Å². The van der Waals surface area contributed by atoms with E-state index in [0.717, 1.165) is 33.0 Å². The third kappa shape index (κ3) is 4.36. The summed E-state index contributed by atoms with van der Waals surface area (Å²) in [6.07, 6.45) is -0.762. The average Bonchev–Trinajstić information content (AvgIpc) is 3.42. The Morgan fingerprint density at radius 3 is 2.94 bits per heavy atom. The molecule has 2 unspecified atom stereocenters. The first-order valence-electron chi connectivity index (χ1n) is 10.2. The largest absolute Gasteiger partial charge is 0.490 e. The summed E-state index contributed by atoms with van der Waals surface area (Å²) in [6, 6.07) is 17.4. The number of H-pyrrole nitrogens is 1. The Balaban J connectivity index is 1.13. The van der Waals surface area contributed by atoms with Crippen molar-refractivity contribution in [3.8, 4) is 28.5 Å². The minimum Gasteiger partial charge on any atom is -0.490 e. The number of hydrogen-bond donors (Lipinski definition) is 3. The molecule has 0 radical (unpaired) electrons. The Morgan fingerprint density at radius 2 is 2.00 bits per heavy atom. The third-order valence-electron chi connectivity index (χ3n) is 5.06. The third-order valence-corrected chi connectivity index (χ3v) is 5.98. The van der Waals surface area contributed by atoms with Crippen molar-refractivity contribution in [2.24, 2.45) is 0 Å². The van der Waals surface area contributed by atoms with Gasteiger partial charge in [-0.2, -0.15) is 5.10 Å². The number of para-hydroxylation sites is 3. The monoisotopic (exact) mass is 437 g/mol. The number of thiophene rings is 1. The minimum absolute atomic E-state index is 0.100. The number of aromatic nitrogens is 2. The molecule has 7 nitrogen and oxygen atoms in total. The molecule has 0 bridgehead atoms. The summed E-state index contributed by atoms with van der Waals surface area (Å²) >= 11 is 1.64. The normalized spacial score (nSPS) is 16.4. The Bertz CT molecular complexity index is 1160. The van der Waals surface area contributed by atoms with Gasteiger partial charge in [0.15, 0.2) is 11.5 Å². The Labute approximate surface area is 183 Å². The van der Waals surface area contributed by atoms with Crippen LogP contribution in [0.3, 0.4) is 0 Å². The van der Waals surface area contributed by atoms with Crippen molar-refractivity contribution >= 4 is 21.6 Å². The van der Waals surface area contributed by atoms with Gasteiger partial charge in [0.1, 0.15) is 36.9 Å². The lowest BCUT2D eigenvalue weighted by atomic mass is 10.1. The summed E-state index contributed by atoms with van der Waals surface area (Å²) in [4.78, 5) is 0. The number of fused-ring (bicyclic) bond motifs is 2. The molecule has 31 heavy (non-hydrogen) atoms. The highest BCUT2D eigenvalue weighted by molar-refractivity contribution is 7.17. The van der Waals surface area contributed by atoms with E-state index >= 15 is 0 Å². The molecule has 0 saturated carbocycles. The van der Waals surface area contributed by atoms with E-state index in [0.29, 0.717) is 25.4 Å². The molecule has 2 aromatic heterocycles. The molecule has 4 aromatic rings. The van der Waals surface area contributed by atoms with E-state index in [1.807, 2.05) is 60.0 Å². The van der Waals surface area contributed by atoms with E-state index in [4.69, 9.17) is 14.2 Å². The number of benzene rings is 2. The maximum atomic E-state index is 10.4. The average molecular weight is 438 g/mol. The fourth-order valence-electron chi connectivity index (χ4n) is 3.54. The second-order valence-corrected chi connectivity index (χ2v) is 8.27. The lowest BCUT2D eigenvalue weighted by Crippen LogP contribution is -2.41. The fraction of sp³-hybridized carbons (Fsp3) is 0.261. The first-order valence-corrected chi connectivity index (χ1v) is 11.1. The number of aliphatic hydroxyl groups is 1. The number of rotatable bonds is 8. The van der Waals surface area contributed by atoms with Gasteiger partial charge in [-0.1, -0.05) is 24.3 Å². The predicted molar refractivity (Wildman–Crippen MR) is 120 cm³/mol. The molecular weight excluding hydrogens is 414 g/mol. The van der Waals surface area contributed by atoms with Gasteiger partial charge in [0, 0.05) is 18.7 Å². The van der Waals surface area contributed by atoms with Gasteiger partial charge in [-0.25, -0.2) is 0 Å². The lowest BCUT2D eigenvalue weighted by Gasteiger charge is -2.27. The van der Waals surface area contributed by atoms with Crippen LogP contribution in [0.25, 0.3) is 21.5 Å². The number of nitrogens with zero attached hydrogens (tertiary/aromatic N) is 1. The van der Waals surface area contributed by atoms with Crippen molar-refractivity contribution in [2.45, 2.75) is 12.2 Å². The summed E-state index contributed by atoms with van der Waals surface area (Å²) in [6.45, 7) is 1.62. The topological polar surface area (TPSA) is 88.6 Å². The second kappa shape index (κ2) is 8.97. The first kappa shape index (κ1) is 19.9. The highest BCUT2D eigenvalue weighted by Gasteiger charge is 2.20. The molecule has 0 amide bonds. The van der Waals surface area contributed by atoms with Crippen molar-refractivity contribution in [3.05, 3.63) is 60.0 Å². The molecule has 0 fully saturated rings. The van der Waals surface area contributed by atoms with Crippen LogP contribution in [0.15, 0.2) is 60.0 Å². The molecule has 0 saturated heterocycles. The van der Waals surface area contributed by atoms with Gasteiger partial charge in [0.2, 0.25) is 0 Å². The summed E-state index contributed by atoms with van der Waals surface area (Å²) in [7, 11) is 0. The van der Waals surface area contributed by atoms with Gasteiger partial charge in [-0.05, 0) is 35.7 Å². The van der Waals surface area contributed by atoms with E-state index in [-0.39, 0.29) is 12.7 Å². The summed E-state index contributed by atoms with van der Waals surface area (Å²) < 4.78 is 18.7. The van der Waals surface area contributed by atoms with E-state index in [9.17, 15) is 5.11 Å². The standard InChI is InChI=1S/C23H23N3O4S/c27-15(11-24-12-16-14-29-20-7-3-4-8-21(20)30-16)13-28-19-6-2-1-5-17(19)22-23-18(25-26-22)9-10-31-23/h1-10,15-16,24,27H,11-14H2,(H,25,26). The Hall–Kier alpha value is -3.07.